The number of likely N-dealkylation sites (N-methyl/N-ethyl adjacent to an activating group) is 1. The first kappa shape index (κ1) is 30.6. The molecule has 7 N–H and O–H groups in total. The van der Waals surface area contributed by atoms with Crippen molar-refractivity contribution in [2.24, 2.45) is 16.6 Å². The largest absolute Gasteiger partial charge is 0.508 e. The first-order valence-corrected chi connectivity index (χ1v) is 13.6. The summed E-state index contributed by atoms with van der Waals surface area (Å²) in [5.41, 5.74) is -1.39. The third-order valence-electron chi connectivity index (χ3n) is 9.01. The number of nitrogens with two attached hydrogens (primary N) is 1. The number of nitrogens with zero attached hydrogens (tertiary/aromatic N) is 1. The number of ketones is 2. The molecule has 0 spiro atoms. The SMILES string of the molecule is COc1ccc(OC(=O)Nc2ccc3c(c2O)C(O)=C2C(=O)[C@]4(O)C(O)=C(C(N)=O)C(=O)[C@@H](N(C)C)[C@]4(C)C[C@]2(C)C3)cc1. The summed E-state index contributed by atoms with van der Waals surface area (Å²) < 4.78 is 10.3. The smallest absolute Gasteiger partial charge is 0.417 e. The molecule has 0 aliphatic heterocycles. The molecule has 0 unspecified atom stereocenters. The van der Waals surface area contributed by atoms with E-state index in [1.54, 1.807) is 25.1 Å². The molecular weight excluding hydrogens is 574 g/mol. The van der Waals surface area contributed by atoms with E-state index in [2.05, 4.69) is 5.32 Å². The molecule has 5 rings (SSSR count). The molecule has 0 aromatic heterocycles. The lowest BCUT2D eigenvalue weighted by atomic mass is 9.46. The average molecular weight is 608 g/mol. The van der Waals surface area contributed by atoms with Crippen LogP contribution in [0.4, 0.5) is 10.5 Å². The van der Waals surface area contributed by atoms with Crippen LogP contribution in [0.5, 0.6) is 17.2 Å². The number of phenols is 1. The van der Waals surface area contributed by atoms with Gasteiger partial charge in [0.15, 0.2) is 11.4 Å². The normalized spacial score (nSPS) is 27.8. The third kappa shape index (κ3) is 4.14. The number of phenolic OH excluding ortho intramolecular Hbond substituents is 1. The van der Waals surface area contributed by atoms with E-state index in [4.69, 9.17) is 15.2 Å². The standard InChI is InChI=1S/C31H33N3O10/c1-29-12-14-6-11-17(33-28(41)44-16-9-7-15(43-5)8-10-16)21(35)18(14)22(36)20(29)26(39)31(42)25(38)19(27(32)40)23(37)24(34(3)4)30(31,2)13-29/h6-11,24,35-36,38,42H,12-13H2,1-5H3,(H2,32,40)(H,33,41)/t24-,29+,30+,31-/m1/s1. The molecule has 2 amide bonds. The van der Waals surface area contributed by atoms with Crippen molar-refractivity contribution < 1.29 is 49.1 Å². The van der Waals surface area contributed by atoms with Gasteiger partial charge >= 0.3 is 6.09 Å². The molecule has 2 aromatic carbocycles. The Hall–Kier alpha value is -4.88. The van der Waals surface area contributed by atoms with Gasteiger partial charge in [-0.2, -0.15) is 0 Å². The van der Waals surface area contributed by atoms with Gasteiger partial charge in [0.2, 0.25) is 5.78 Å². The molecule has 1 fully saturated rings. The summed E-state index contributed by atoms with van der Waals surface area (Å²) in [4.78, 5) is 54.0. The Kier molecular flexibility index (Phi) is 7.02. The Morgan fingerprint density at radius 2 is 1.64 bits per heavy atom. The van der Waals surface area contributed by atoms with Gasteiger partial charge in [0, 0.05) is 16.4 Å². The molecule has 44 heavy (non-hydrogen) atoms. The predicted octanol–water partition coefficient (Wildman–Crippen LogP) is 2.36. The van der Waals surface area contributed by atoms with E-state index < -0.39 is 68.9 Å². The molecule has 1 saturated carbocycles. The number of amides is 2. The summed E-state index contributed by atoms with van der Waals surface area (Å²) >= 11 is 0. The summed E-state index contributed by atoms with van der Waals surface area (Å²) in [5, 5.41) is 48.3. The van der Waals surface area contributed by atoms with Crippen molar-refractivity contribution in [1.29, 1.82) is 0 Å². The Bertz CT molecular complexity index is 1690. The van der Waals surface area contributed by atoms with Crippen molar-refractivity contribution in [2.45, 2.75) is 38.3 Å². The van der Waals surface area contributed by atoms with E-state index in [0.717, 1.165) is 0 Å². The van der Waals surface area contributed by atoms with Crippen LogP contribution in [0.25, 0.3) is 5.76 Å². The van der Waals surface area contributed by atoms with Gasteiger partial charge < -0.3 is 35.6 Å². The lowest BCUT2D eigenvalue weighted by Crippen LogP contribution is -2.72. The van der Waals surface area contributed by atoms with Crippen LogP contribution in [0.15, 0.2) is 53.3 Å². The highest BCUT2D eigenvalue weighted by atomic mass is 16.6. The maximum absolute atomic E-state index is 14.3. The van der Waals surface area contributed by atoms with Crippen molar-refractivity contribution >= 4 is 35.0 Å². The van der Waals surface area contributed by atoms with Gasteiger partial charge in [0.25, 0.3) is 5.91 Å². The van der Waals surface area contributed by atoms with E-state index in [1.165, 1.54) is 51.2 Å². The van der Waals surface area contributed by atoms with Gasteiger partial charge in [-0.25, -0.2) is 4.79 Å². The summed E-state index contributed by atoms with van der Waals surface area (Å²) in [6, 6.07) is 7.90. The molecule has 2 aromatic rings. The highest BCUT2D eigenvalue weighted by molar-refractivity contribution is 6.25. The number of aliphatic hydroxyl groups is 3. The zero-order valence-corrected chi connectivity index (χ0v) is 24.7. The van der Waals surface area contributed by atoms with Crippen LogP contribution in [0, 0.1) is 10.8 Å². The summed E-state index contributed by atoms with van der Waals surface area (Å²) in [5.74, 6) is -5.02. The molecule has 232 valence electrons. The molecular formula is C31H33N3O10. The van der Waals surface area contributed by atoms with Crippen molar-refractivity contribution in [3.05, 3.63) is 64.4 Å². The minimum atomic E-state index is -2.83. The van der Waals surface area contributed by atoms with Crippen LogP contribution in [0.2, 0.25) is 0 Å². The van der Waals surface area contributed by atoms with E-state index in [0.29, 0.717) is 11.3 Å². The number of hydrogen-bond acceptors (Lipinski definition) is 11. The quantitative estimate of drug-likeness (QED) is 0.215. The fourth-order valence-corrected chi connectivity index (χ4v) is 7.30. The minimum Gasteiger partial charge on any atom is -0.508 e. The Balaban J connectivity index is 1.59. The number of hydrogen-bond donors (Lipinski definition) is 6. The third-order valence-corrected chi connectivity index (χ3v) is 9.01. The van der Waals surface area contributed by atoms with Gasteiger partial charge in [-0.3, -0.25) is 24.6 Å². The van der Waals surface area contributed by atoms with Crippen molar-refractivity contribution in [3.8, 4) is 17.2 Å². The average Bonchev–Trinajstić information content (AvgIpc) is 2.92. The van der Waals surface area contributed by atoms with Gasteiger partial charge in [0.05, 0.1) is 24.4 Å². The highest BCUT2D eigenvalue weighted by Gasteiger charge is 2.72. The molecule has 0 bridgehead atoms. The number of methoxy groups -OCH3 is 1. The number of Topliss-reactive ketones (excluding diaryl/α,β-unsaturated/α-hetero) is 2. The van der Waals surface area contributed by atoms with Crippen LogP contribution in [0.1, 0.15) is 31.4 Å². The predicted molar refractivity (Wildman–Crippen MR) is 156 cm³/mol. The second-order valence-electron chi connectivity index (χ2n) is 12.1. The number of aliphatic hydroxyl groups excluding tert-OH is 2. The van der Waals surface area contributed by atoms with Crippen LogP contribution in [-0.4, -0.2) is 81.7 Å². The number of ether oxygens (including phenoxy) is 2. The fourth-order valence-electron chi connectivity index (χ4n) is 7.30. The zero-order valence-electron chi connectivity index (χ0n) is 24.7. The lowest BCUT2D eigenvalue weighted by Gasteiger charge is -2.59. The maximum atomic E-state index is 14.3. The maximum Gasteiger partial charge on any atom is 0.417 e. The monoisotopic (exact) mass is 607 g/mol. The molecule has 13 nitrogen and oxygen atoms in total. The number of anilines is 1. The van der Waals surface area contributed by atoms with Crippen LogP contribution >= 0.6 is 0 Å². The van der Waals surface area contributed by atoms with Crippen molar-refractivity contribution in [1.82, 2.24) is 4.90 Å². The molecule has 0 heterocycles. The number of nitrogens with one attached hydrogen (secondary N) is 1. The van der Waals surface area contributed by atoms with Gasteiger partial charge in [0.1, 0.15) is 34.3 Å². The molecule has 3 aliphatic rings. The first-order chi connectivity index (χ1) is 20.5. The summed E-state index contributed by atoms with van der Waals surface area (Å²) in [6.07, 6.45) is -0.974. The number of rotatable bonds is 5. The van der Waals surface area contributed by atoms with Crippen molar-refractivity contribution in [2.75, 3.05) is 26.5 Å². The van der Waals surface area contributed by atoms with E-state index >= 15 is 0 Å². The van der Waals surface area contributed by atoms with E-state index in [-0.39, 0.29) is 35.4 Å². The van der Waals surface area contributed by atoms with E-state index in [1.807, 2.05) is 0 Å². The van der Waals surface area contributed by atoms with Crippen molar-refractivity contribution in [3.63, 3.8) is 0 Å². The molecule has 0 saturated heterocycles. The van der Waals surface area contributed by atoms with Gasteiger partial charge in [-0.1, -0.05) is 19.9 Å². The van der Waals surface area contributed by atoms with Gasteiger partial charge in [-0.15, -0.1) is 0 Å². The van der Waals surface area contributed by atoms with Gasteiger partial charge in [-0.05, 0) is 62.8 Å². The molecule has 13 heteroatoms. The minimum absolute atomic E-state index is 0.0742. The summed E-state index contributed by atoms with van der Waals surface area (Å²) in [7, 11) is 4.56. The van der Waals surface area contributed by atoms with Crippen LogP contribution in [-0.2, 0) is 20.8 Å². The molecule has 0 radical (unpaired) electrons. The summed E-state index contributed by atoms with van der Waals surface area (Å²) in [6.45, 7) is 3.14. The Morgan fingerprint density at radius 1 is 1.02 bits per heavy atom. The number of primary amides is 1. The molecule has 3 aliphatic carbocycles. The van der Waals surface area contributed by atoms with Crippen LogP contribution < -0.4 is 20.5 Å². The van der Waals surface area contributed by atoms with Crippen LogP contribution in [0.3, 0.4) is 0 Å². The number of aromatic hydroxyl groups is 1. The number of carbonyl (C=O) groups excluding carboxylic acids is 4. The number of fused-ring (bicyclic) bond motifs is 3. The Morgan fingerprint density at radius 3 is 2.20 bits per heavy atom. The topological polar surface area (TPSA) is 209 Å². The lowest BCUT2D eigenvalue weighted by molar-refractivity contribution is -0.176. The second-order valence-corrected chi connectivity index (χ2v) is 12.1. The number of benzene rings is 2. The zero-order chi connectivity index (χ0) is 32.5. The fraction of sp³-hybridized carbons (Fsp3) is 0.355. The Labute approximate surface area is 252 Å². The number of carbonyl (C=O) groups is 4. The molecule has 4 atom stereocenters. The van der Waals surface area contributed by atoms with E-state index in [9.17, 15) is 39.6 Å². The second kappa shape index (κ2) is 10.1. The highest BCUT2D eigenvalue weighted by Crippen LogP contribution is 2.63. The first-order valence-electron chi connectivity index (χ1n) is 13.6.